The lowest BCUT2D eigenvalue weighted by Gasteiger charge is -2.45. The van der Waals surface area contributed by atoms with E-state index in [0.29, 0.717) is 25.3 Å². The zero-order valence-electron chi connectivity index (χ0n) is 16.6. The molecule has 9 heteroatoms. The number of hydrogen-bond donors (Lipinski definition) is 0. The lowest BCUT2D eigenvalue weighted by atomic mass is 10.1. The molecule has 3 rings (SSSR count). The fourth-order valence-corrected chi connectivity index (χ4v) is 5.19. The predicted octanol–water partition coefficient (Wildman–Crippen LogP) is 0.691. The van der Waals surface area contributed by atoms with Gasteiger partial charge in [0.2, 0.25) is 10.0 Å². The molecule has 152 valence electrons. The van der Waals surface area contributed by atoms with Crippen molar-refractivity contribution in [1.82, 2.24) is 23.9 Å². The van der Waals surface area contributed by atoms with Gasteiger partial charge >= 0.3 is 0 Å². The maximum atomic E-state index is 12.6. The van der Waals surface area contributed by atoms with E-state index in [9.17, 15) is 13.2 Å². The molecule has 2 fully saturated rings. The van der Waals surface area contributed by atoms with Gasteiger partial charge in [-0.05, 0) is 45.8 Å². The van der Waals surface area contributed by atoms with Crippen LogP contribution in [-0.2, 0) is 17.1 Å². The number of rotatable bonds is 7. The molecule has 0 bridgehead atoms. The summed E-state index contributed by atoms with van der Waals surface area (Å²) in [6, 6.07) is 1.64. The van der Waals surface area contributed by atoms with Crippen LogP contribution in [0.4, 0.5) is 0 Å². The van der Waals surface area contributed by atoms with E-state index in [1.807, 2.05) is 6.92 Å². The van der Waals surface area contributed by atoms with Crippen molar-refractivity contribution in [3.05, 3.63) is 17.5 Å². The number of carbonyl (C=O) groups excluding carboxylic acids is 1. The molecule has 0 spiro atoms. The lowest BCUT2D eigenvalue weighted by Crippen LogP contribution is -2.63. The molecule has 0 N–H and O–H groups in total. The maximum absolute atomic E-state index is 12.6. The van der Waals surface area contributed by atoms with E-state index in [1.54, 1.807) is 33.9 Å². The molecule has 1 amide bonds. The third-order valence-electron chi connectivity index (χ3n) is 5.59. The summed E-state index contributed by atoms with van der Waals surface area (Å²) in [7, 11) is -1.53. The quantitative estimate of drug-likeness (QED) is 0.676. The third-order valence-corrected chi connectivity index (χ3v) is 7.51. The Balaban J connectivity index is 1.61. The van der Waals surface area contributed by atoms with Crippen LogP contribution in [0.25, 0.3) is 0 Å². The van der Waals surface area contributed by atoms with Crippen LogP contribution < -0.4 is 0 Å². The highest BCUT2D eigenvalue weighted by atomic mass is 32.2. The van der Waals surface area contributed by atoms with Crippen LogP contribution in [0.5, 0.6) is 0 Å². The molecule has 0 radical (unpaired) electrons. The van der Waals surface area contributed by atoms with E-state index >= 15 is 0 Å². The Kier molecular flexibility index (Phi) is 6.22. The molecule has 0 atom stereocenters. The van der Waals surface area contributed by atoms with Gasteiger partial charge in [-0.3, -0.25) is 9.48 Å². The zero-order valence-corrected chi connectivity index (χ0v) is 17.4. The molecule has 8 nitrogen and oxygen atoms in total. The van der Waals surface area contributed by atoms with Gasteiger partial charge in [-0.15, -0.1) is 0 Å². The number of sulfonamides is 1. The topological polar surface area (TPSA) is 78.8 Å². The summed E-state index contributed by atoms with van der Waals surface area (Å²) in [5, 5.41) is 4.22. The standard InChI is InChI=1S/C18H31N5O3S/c1-4-27(25,26)23(11-10-21-8-6-5-7-9-21)16-13-22(14-16)18(24)17-12-15(2)19-20(17)3/h12,16H,4-11,13-14H2,1-3H3. The average Bonchev–Trinajstić information content (AvgIpc) is 2.95. The second kappa shape index (κ2) is 8.28. The van der Waals surface area contributed by atoms with Crippen molar-refractivity contribution in [3.8, 4) is 0 Å². The Morgan fingerprint density at radius 2 is 1.93 bits per heavy atom. The van der Waals surface area contributed by atoms with E-state index in [0.717, 1.165) is 25.3 Å². The van der Waals surface area contributed by atoms with Crippen LogP contribution in [-0.4, -0.2) is 89.3 Å². The van der Waals surface area contributed by atoms with Crippen molar-refractivity contribution in [2.75, 3.05) is 45.0 Å². The molecule has 0 unspecified atom stereocenters. The van der Waals surface area contributed by atoms with Crippen LogP contribution >= 0.6 is 0 Å². The molecule has 0 aromatic carbocycles. The normalized spacial score (nSPS) is 19.5. The van der Waals surface area contributed by atoms with Gasteiger partial charge < -0.3 is 9.80 Å². The third kappa shape index (κ3) is 4.52. The van der Waals surface area contributed by atoms with Gasteiger partial charge in [0, 0.05) is 33.2 Å². The number of nitrogens with zero attached hydrogens (tertiary/aromatic N) is 5. The van der Waals surface area contributed by atoms with Crippen molar-refractivity contribution in [3.63, 3.8) is 0 Å². The molecule has 2 saturated heterocycles. The van der Waals surface area contributed by atoms with Gasteiger partial charge in [0.05, 0.1) is 17.5 Å². The Bertz CT molecular complexity index is 764. The number of aryl methyl sites for hydroxylation is 2. The second-order valence-electron chi connectivity index (χ2n) is 7.57. The number of hydrogen-bond acceptors (Lipinski definition) is 5. The molecule has 2 aliphatic heterocycles. The average molecular weight is 398 g/mol. The van der Waals surface area contributed by atoms with E-state index in [2.05, 4.69) is 10.00 Å². The molecule has 27 heavy (non-hydrogen) atoms. The fourth-order valence-electron chi connectivity index (χ4n) is 3.91. The number of piperidine rings is 1. The fraction of sp³-hybridized carbons (Fsp3) is 0.778. The molecular formula is C18H31N5O3S. The smallest absolute Gasteiger partial charge is 0.272 e. The van der Waals surface area contributed by atoms with E-state index in [1.165, 1.54) is 19.3 Å². The van der Waals surface area contributed by atoms with Gasteiger partial charge in [-0.1, -0.05) is 6.42 Å². The van der Waals surface area contributed by atoms with E-state index in [-0.39, 0.29) is 17.7 Å². The van der Waals surface area contributed by atoms with Gasteiger partial charge in [0.15, 0.2) is 0 Å². The molecule has 2 aliphatic rings. The first kappa shape index (κ1) is 20.3. The molecule has 0 saturated carbocycles. The molecule has 1 aromatic rings. The highest BCUT2D eigenvalue weighted by Crippen LogP contribution is 2.22. The van der Waals surface area contributed by atoms with Crippen LogP contribution in [0.1, 0.15) is 42.4 Å². The summed E-state index contributed by atoms with van der Waals surface area (Å²) >= 11 is 0. The van der Waals surface area contributed by atoms with Crippen molar-refractivity contribution < 1.29 is 13.2 Å². The predicted molar refractivity (Wildman–Crippen MR) is 104 cm³/mol. The lowest BCUT2D eigenvalue weighted by molar-refractivity contribution is 0.0426. The minimum atomic E-state index is -3.29. The summed E-state index contributed by atoms with van der Waals surface area (Å²) in [5.41, 5.74) is 1.35. The van der Waals surface area contributed by atoms with Crippen molar-refractivity contribution in [2.45, 2.75) is 39.2 Å². The maximum Gasteiger partial charge on any atom is 0.272 e. The largest absolute Gasteiger partial charge is 0.334 e. The minimum absolute atomic E-state index is 0.0840. The van der Waals surface area contributed by atoms with Crippen molar-refractivity contribution >= 4 is 15.9 Å². The highest BCUT2D eigenvalue weighted by molar-refractivity contribution is 7.89. The first-order valence-corrected chi connectivity index (χ1v) is 11.4. The molecule has 1 aromatic heterocycles. The Morgan fingerprint density at radius 1 is 1.26 bits per heavy atom. The van der Waals surface area contributed by atoms with E-state index < -0.39 is 10.0 Å². The van der Waals surface area contributed by atoms with Crippen molar-refractivity contribution in [2.24, 2.45) is 7.05 Å². The van der Waals surface area contributed by atoms with Crippen molar-refractivity contribution in [1.29, 1.82) is 0 Å². The first-order chi connectivity index (χ1) is 12.8. The number of carbonyl (C=O) groups is 1. The molecular weight excluding hydrogens is 366 g/mol. The Labute approximate surface area is 162 Å². The number of amides is 1. The van der Waals surface area contributed by atoms with Gasteiger partial charge in [0.1, 0.15) is 5.69 Å². The molecule has 3 heterocycles. The summed E-state index contributed by atoms with van der Waals surface area (Å²) < 4.78 is 28.4. The zero-order chi connectivity index (χ0) is 19.6. The number of aromatic nitrogens is 2. The molecule has 0 aliphatic carbocycles. The van der Waals surface area contributed by atoms with Crippen LogP contribution in [0.2, 0.25) is 0 Å². The van der Waals surface area contributed by atoms with Crippen LogP contribution in [0.3, 0.4) is 0 Å². The summed E-state index contributed by atoms with van der Waals surface area (Å²) in [5.74, 6) is 0.0116. The van der Waals surface area contributed by atoms with E-state index in [4.69, 9.17) is 0 Å². The second-order valence-corrected chi connectivity index (χ2v) is 9.78. The minimum Gasteiger partial charge on any atom is -0.334 e. The summed E-state index contributed by atoms with van der Waals surface area (Å²) in [6.45, 7) is 7.81. The van der Waals surface area contributed by atoms with Crippen LogP contribution in [0.15, 0.2) is 6.07 Å². The SMILES string of the molecule is CCS(=O)(=O)N(CCN1CCCCC1)C1CN(C(=O)c2cc(C)nn2C)C1. The Hall–Kier alpha value is -1.45. The van der Waals surface area contributed by atoms with Gasteiger partial charge in [0.25, 0.3) is 5.91 Å². The summed E-state index contributed by atoms with van der Waals surface area (Å²) in [6.07, 6.45) is 3.65. The Morgan fingerprint density at radius 3 is 2.48 bits per heavy atom. The number of likely N-dealkylation sites (tertiary alicyclic amines) is 2. The monoisotopic (exact) mass is 397 g/mol. The van der Waals surface area contributed by atoms with Gasteiger partial charge in [-0.2, -0.15) is 9.40 Å². The van der Waals surface area contributed by atoms with Crippen LogP contribution in [0, 0.1) is 6.92 Å². The summed E-state index contributed by atoms with van der Waals surface area (Å²) in [4.78, 5) is 16.7. The van der Waals surface area contributed by atoms with Gasteiger partial charge in [-0.25, -0.2) is 8.42 Å². The highest BCUT2D eigenvalue weighted by Gasteiger charge is 2.40. The first-order valence-electron chi connectivity index (χ1n) is 9.83.